The number of methoxy groups -OCH3 is 4. The van der Waals surface area contributed by atoms with Crippen LogP contribution in [0.15, 0.2) is 12.1 Å². The molecule has 0 aliphatic heterocycles. The quantitative estimate of drug-likeness (QED) is 0.748. The first-order valence-corrected chi connectivity index (χ1v) is 5.06. The predicted molar refractivity (Wildman–Crippen MR) is 64.6 cm³/mol. The van der Waals surface area contributed by atoms with Crippen LogP contribution in [0.25, 0.3) is 0 Å². The molecule has 17 heavy (non-hydrogen) atoms. The van der Waals surface area contributed by atoms with E-state index in [4.69, 9.17) is 14.2 Å². The highest BCUT2D eigenvalue weighted by Gasteiger charge is 2.12. The fourth-order valence-electron chi connectivity index (χ4n) is 1.45. The van der Waals surface area contributed by atoms with Crippen molar-refractivity contribution >= 4 is 0 Å². The average molecular weight is 236 g/mol. The van der Waals surface area contributed by atoms with Gasteiger partial charge in [-0.15, -0.1) is 0 Å². The number of hydrogen-bond donors (Lipinski definition) is 0. The Labute approximate surface area is 101 Å². The summed E-state index contributed by atoms with van der Waals surface area (Å²) in [6.45, 7) is 0. The molecule has 4 nitrogen and oxygen atoms in total. The first kappa shape index (κ1) is 13.0. The smallest absolute Gasteiger partial charge is 0.203 e. The minimum absolute atomic E-state index is 0.560. The average Bonchev–Trinajstić information content (AvgIpc) is 2.37. The van der Waals surface area contributed by atoms with Gasteiger partial charge in [-0.1, -0.05) is 5.92 Å². The van der Waals surface area contributed by atoms with Crippen molar-refractivity contribution in [2.45, 2.75) is 6.42 Å². The number of rotatable bonds is 4. The number of benzene rings is 1. The molecule has 4 heteroatoms. The zero-order valence-corrected chi connectivity index (χ0v) is 10.5. The molecule has 1 aromatic rings. The zero-order valence-electron chi connectivity index (χ0n) is 10.5. The van der Waals surface area contributed by atoms with Gasteiger partial charge in [0.25, 0.3) is 0 Å². The second kappa shape index (κ2) is 6.54. The Kier molecular flexibility index (Phi) is 5.02. The molecule has 0 spiro atoms. The van der Waals surface area contributed by atoms with Crippen molar-refractivity contribution < 1.29 is 18.9 Å². The van der Waals surface area contributed by atoms with E-state index in [-0.39, 0.29) is 0 Å². The van der Waals surface area contributed by atoms with Crippen LogP contribution in [0.4, 0.5) is 0 Å². The Morgan fingerprint density at radius 3 is 1.94 bits per heavy atom. The summed E-state index contributed by atoms with van der Waals surface area (Å²) >= 11 is 0. The monoisotopic (exact) mass is 236 g/mol. The third-order valence-electron chi connectivity index (χ3n) is 2.19. The lowest BCUT2D eigenvalue weighted by molar-refractivity contribution is 0.324. The number of hydrogen-bond acceptors (Lipinski definition) is 4. The van der Waals surface area contributed by atoms with Crippen LogP contribution in [-0.2, 0) is 11.2 Å². The highest BCUT2D eigenvalue weighted by atomic mass is 16.5. The van der Waals surface area contributed by atoms with Crippen LogP contribution in [0.1, 0.15) is 5.56 Å². The summed E-state index contributed by atoms with van der Waals surface area (Å²) in [7, 11) is 6.27. The van der Waals surface area contributed by atoms with E-state index in [1.165, 1.54) is 7.11 Å². The lowest BCUT2D eigenvalue weighted by atomic mass is 10.1. The van der Waals surface area contributed by atoms with E-state index in [1.54, 1.807) is 21.3 Å². The highest BCUT2D eigenvalue weighted by Crippen LogP contribution is 2.38. The molecule has 0 N–H and O–H groups in total. The summed E-state index contributed by atoms with van der Waals surface area (Å²) in [6.07, 6.45) is 3.10. The molecule has 0 atom stereocenters. The molecule has 0 saturated carbocycles. The van der Waals surface area contributed by atoms with Gasteiger partial charge in [-0.3, -0.25) is 0 Å². The van der Waals surface area contributed by atoms with Gasteiger partial charge in [-0.2, -0.15) is 0 Å². The largest absolute Gasteiger partial charge is 0.493 e. The molecule has 0 heterocycles. The van der Waals surface area contributed by atoms with E-state index >= 15 is 0 Å². The van der Waals surface area contributed by atoms with E-state index in [2.05, 4.69) is 16.8 Å². The van der Waals surface area contributed by atoms with E-state index in [0.717, 1.165) is 5.56 Å². The molecule has 0 fully saturated rings. The van der Waals surface area contributed by atoms with Crippen molar-refractivity contribution in [3.8, 4) is 29.3 Å². The molecule has 1 rings (SSSR count). The van der Waals surface area contributed by atoms with Crippen LogP contribution in [0, 0.1) is 12.0 Å². The van der Waals surface area contributed by atoms with Crippen LogP contribution in [0.2, 0.25) is 0 Å². The molecular formula is C13H16O4. The van der Waals surface area contributed by atoms with Gasteiger partial charge in [0.1, 0.15) is 6.11 Å². The molecular weight excluding hydrogens is 220 g/mol. The predicted octanol–water partition coefficient (Wildman–Crippen LogP) is 1.86. The molecule has 0 bridgehead atoms. The molecule has 0 radical (unpaired) electrons. The molecule has 1 aromatic carbocycles. The van der Waals surface area contributed by atoms with Crippen LogP contribution in [0.3, 0.4) is 0 Å². The third-order valence-corrected chi connectivity index (χ3v) is 2.19. The van der Waals surface area contributed by atoms with Gasteiger partial charge in [-0.05, 0) is 17.7 Å². The topological polar surface area (TPSA) is 36.9 Å². The molecule has 0 saturated heterocycles. The van der Waals surface area contributed by atoms with Crippen molar-refractivity contribution in [1.29, 1.82) is 0 Å². The van der Waals surface area contributed by atoms with Crippen LogP contribution >= 0.6 is 0 Å². The van der Waals surface area contributed by atoms with Crippen LogP contribution in [0.5, 0.6) is 17.2 Å². The van der Waals surface area contributed by atoms with Gasteiger partial charge in [0, 0.05) is 6.42 Å². The number of ether oxygens (including phenoxy) is 4. The van der Waals surface area contributed by atoms with Crippen molar-refractivity contribution in [3.05, 3.63) is 17.7 Å². The van der Waals surface area contributed by atoms with Gasteiger partial charge in [0.2, 0.25) is 5.75 Å². The maximum atomic E-state index is 5.24. The fraction of sp³-hybridized carbons (Fsp3) is 0.385. The first-order valence-electron chi connectivity index (χ1n) is 5.06. The van der Waals surface area contributed by atoms with Crippen LogP contribution in [-0.4, -0.2) is 28.4 Å². The van der Waals surface area contributed by atoms with E-state index < -0.39 is 0 Å². The summed E-state index contributed by atoms with van der Waals surface area (Å²) in [5, 5.41) is 0. The standard InChI is InChI=1S/C13H16O4/c1-14-7-5-6-10-8-11(15-2)13(17-4)12(9-10)16-3/h8-9H,6H2,1-4H3. The van der Waals surface area contributed by atoms with E-state index in [9.17, 15) is 0 Å². The Bertz CT molecular complexity index is 404. The maximum Gasteiger partial charge on any atom is 0.203 e. The van der Waals surface area contributed by atoms with Crippen molar-refractivity contribution in [2.75, 3.05) is 28.4 Å². The van der Waals surface area contributed by atoms with Gasteiger partial charge in [-0.25, -0.2) is 0 Å². The molecule has 92 valence electrons. The molecule has 0 aromatic heterocycles. The van der Waals surface area contributed by atoms with E-state index in [1.807, 2.05) is 12.1 Å². The highest BCUT2D eigenvalue weighted by molar-refractivity contribution is 5.54. The van der Waals surface area contributed by atoms with Gasteiger partial charge in [0.15, 0.2) is 11.5 Å². The van der Waals surface area contributed by atoms with Crippen molar-refractivity contribution in [3.63, 3.8) is 0 Å². The zero-order chi connectivity index (χ0) is 12.7. The van der Waals surface area contributed by atoms with Gasteiger partial charge < -0.3 is 18.9 Å². The second-order valence-corrected chi connectivity index (χ2v) is 3.19. The minimum atomic E-state index is 0.560. The lowest BCUT2D eigenvalue weighted by Crippen LogP contribution is -1.96. The second-order valence-electron chi connectivity index (χ2n) is 3.19. The molecule has 0 unspecified atom stereocenters. The fourth-order valence-corrected chi connectivity index (χ4v) is 1.45. The van der Waals surface area contributed by atoms with Gasteiger partial charge >= 0.3 is 0 Å². The summed E-state index contributed by atoms with van der Waals surface area (Å²) < 4.78 is 20.4. The Morgan fingerprint density at radius 2 is 1.53 bits per heavy atom. The Hall–Kier alpha value is -2.02. The molecule has 0 aliphatic rings. The Morgan fingerprint density at radius 1 is 0.941 bits per heavy atom. The lowest BCUT2D eigenvalue weighted by Gasteiger charge is -2.13. The summed E-state index contributed by atoms with van der Waals surface area (Å²) in [6, 6.07) is 3.73. The van der Waals surface area contributed by atoms with Crippen molar-refractivity contribution in [2.24, 2.45) is 0 Å². The van der Waals surface area contributed by atoms with Crippen molar-refractivity contribution in [1.82, 2.24) is 0 Å². The molecule has 0 aliphatic carbocycles. The summed E-state index contributed by atoms with van der Waals surface area (Å²) in [4.78, 5) is 0. The Balaban J connectivity index is 3.08. The first-order chi connectivity index (χ1) is 8.26. The summed E-state index contributed by atoms with van der Waals surface area (Å²) in [5.41, 5.74) is 0.976. The van der Waals surface area contributed by atoms with E-state index in [0.29, 0.717) is 23.7 Å². The maximum absolute atomic E-state index is 5.24. The normalized spacial score (nSPS) is 8.94. The summed E-state index contributed by atoms with van der Waals surface area (Å²) in [5.74, 6) is 4.70. The third kappa shape index (κ3) is 3.22. The minimum Gasteiger partial charge on any atom is -0.493 e. The SMILES string of the molecule is COC#CCc1cc(OC)c(OC)c(OC)c1. The van der Waals surface area contributed by atoms with Gasteiger partial charge in [0.05, 0.1) is 28.4 Å². The molecule has 0 amide bonds. The van der Waals surface area contributed by atoms with Crippen LogP contribution < -0.4 is 14.2 Å².